The monoisotopic (exact) mass is 382 g/mol. The second kappa shape index (κ2) is 9.20. The van der Waals surface area contributed by atoms with Gasteiger partial charge in [0.15, 0.2) is 0 Å². The highest BCUT2D eigenvalue weighted by atomic mass is 19.4. The van der Waals surface area contributed by atoms with Crippen molar-refractivity contribution in [2.75, 3.05) is 13.1 Å². The first-order valence-electron chi connectivity index (χ1n) is 8.48. The molecular formula is C16H25F3N2O5. The third-order valence-electron chi connectivity index (χ3n) is 4.86. The number of carboxylic acids is 2. The van der Waals surface area contributed by atoms with Gasteiger partial charge in [-0.15, -0.1) is 0 Å². The molecule has 4 N–H and O–H groups in total. The number of aliphatic carboxylic acids is 2. The van der Waals surface area contributed by atoms with Crippen molar-refractivity contribution in [1.82, 2.24) is 10.6 Å². The van der Waals surface area contributed by atoms with Crippen LogP contribution in [0, 0.1) is 11.3 Å². The minimum atomic E-state index is -5.08. The Morgan fingerprint density at radius 2 is 1.73 bits per heavy atom. The summed E-state index contributed by atoms with van der Waals surface area (Å²) in [6, 6.07) is -0.283. The number of hydrogen-bond acceptors (Lipinski definition) is 4. The summed E-state index contributed by atoms with van der Waals surface area (Å²) in [6.45, 7) is 3.94. The van der Waals surface area contributed by atoms with Crippen molar-refractivity contribution < 1.29 is 37.8 Å². The summed E-state index contributed by atoms with van der Waals surface area (Å²) in [6.07, 6.45) is 0.250. The minimum absolute atomic E-state index is 0.00762. The van der Waals surface area contributed by atoms with Gasteiger partial charge in [-0.1, -0.05) is 0 Å². The maximum absolute atomic E-state index is 12.1. The largest absolute Gasteiger partial charge is 0.490 e. The van der Waals surface area contributed by atoms with E-state index in [4.69, 9.17) is 15.0 Å². The molecule has 26 heavy (non-hydrogen) atoms. The first-order chi connectivity index (χ1) is 11.9. The van der Waals surface area contributed by atoms with Crippen LogP contribution in [0.4, 0.5) is 13.2 Å². The van der Waals surface area contributed by atoms with Crippen molar-refractivity contribution in [3.63, 3.8) is 0 Å². The number of carboxylic acid groups (broad SMARTS) is 2. The summed E-state index contributed by atoms with van der Waals surface area (Å²) >= 11 is 0. The van der Waals surface area contributed by atoms with E-state index in [1.54, 1.807) is 6.92 Å². The molecular weight excluding hydrogens is 357 g/mol. The van der Waals surface area contributed by atoms with Crippen LogP contribution in [0.3, 0.4) is 0 Å². The number of hydrogen-bond donors (Lipinski definition) is 4. The van der Waals surface area contributed by atoms with Crippen molar-refractivity contribution in [2.24, 2.45) is 11.3 Å². The van der Waals surface area contributed by atoms with E-state index in [0.29, 0.717) is 5.41 Å². The van der Waals surface area contributed by atoms with Crippen molar-refractivity contribution in [1.29, 1.82) is 0 Å². The molecule has 0 radical (unpaired) electrons. The molecule has 1 heterocycles. The quantitative estimate of drug-likeness (QED) is 0.589. The molecule has 150 valence electrons. The van der Waals surface area contributed by atoms with Crippen LogP contribution in [0.1, 0.15) is 45.4 Å². The van der Waals surface area contributed by atoms with Crippen LogP contribution in [-0.2, 0) is 14.4 Å². The maximum atomic E-state index is 12.1. The van der Waals surface area contributed by atoms with Gasteiger partial charge in [0.05, 0.1) is 6.42 Å². The van der Waals surface area contributed by atoms with Crippen LogP contribution in [0.15, 0.2) is 0 Å². The molecule has 2 fully saturated rings. The van der Waals surface area contributed by atoms with Crippen LogP contribution in [-0.4, -0.2) is 53.4 Å². The fraction of sp³-hybridized carbons (Fsp3) is 0.812. The van der Waals surface area contributed by atoms with Gasteiger partial charge in [-0.3, -0.25) is 9.59 Å². The van der Waals surface area contributed by atoms with Gasteiger partial charge in [0.2, 0.25) is 5.91 Å². The van der Waals surface area contributed by atoms with E-state index in [1.807, 2.05) is 0 Å². The second-order valence-corrected chi connectivity index (χ2v) is 7.01. The summed E-state index contributed by atoms with van der Waals surface area (Å²) in [5.41, 5.74) is 0.434. The zero-order valence-electron chi connectivity index (χ0n) is 14.6. The molecule has 1 amide bonds. The lowest BCUT2D eigenvalue weighted by Gasteiger charge is -2.36. The predicted molar refractivity (Wildman–Crippen MR) is 85.4 cm³/mol. The van der Waals surface area contributed by atoms with E-state index in [2.05, 4.69) is 10.6 Å². The van der Waals surface area contributed by atoms with Crippen LogP contribution in [0.2, 0.25) is 0 Å². The molecule has 0 aromatic rings. The van der Waals surface area contributed by atoms with Gasteiger partial charge < -0.3 is 20.8 Å². The van der Waals surface area contributed by atoms with Gasteiger partial charge in [-0.05, 0) is 51.0 Å². The number of halogens is 3. The molecule has 2 rings (SSSR count). The van der Waals surface area contributed by atoms with E-state index < -0.39 is 18.1 Å². The summed E-state index contributed by atoms with van der Waals surface area (Å²) in [7, 11) is 0. The highest BCUT2D eigenvalue weighted by molar-refractivity contribution is 5.79. The Bertz CT molecular complexity index is 509. The molecule has 0 aromatic carbocycles. The lowest BCUT2D eigenvalue weighted by Crippen LogP contribution is -2.41. The number of amides is 1. The molecule has 7 nitrogen and oxygen atoms in total. The standard InChI is InChI=1S/C14H24N2O3.C2HF3O2/c1-10(8-12(17)18)16-13(19)11-2-4-14(5-3-11)6-7-15-9-14;3-2(4,5)1(6)7/h10-11,15H,2-9H2,1H3,(H,16,19)(H,17,18);(H,6,7). The average Bonchev–Trinajstić information content (AvgIpc) is 2.94. The molecule has 1 saturated heterocycles. The summed E-state index contributed by atoms with van der Waals surface area (Å²) in [5.74, 6) is -3.52. The average molecular weight is 382 g/mol. The molecule has 1 atom stereocenters. The molecule has 10 heteroatoms. The third kappa shape index (κ3) is 7.19. The smallest absolute Gasteiger partial charge is 0.481 e. The van der Waals surface area contributed by atoms with Crippen molar-refractivity contribution in [3.8, 4) is 0 Å². The van der Waals surface area contributed by atoms with Crippen LogP contribution in [0.5, 0.6) is 0 Å². The van der Waals surface area contributed by atoms with Gasteiger partial charge in [0.1, 0.15) is 0 Å². The molecule has 1 aliphatic heterocycles. The van der Waals surface area contributed by atoms with Crippen LogP contribution in [0.25, 0.3) is 0 Å². The van der Waals surface area contributed by atoms with Crippen LogP contribution >= 0.6 is 0 Å². The maximum Gasteiger partial charge on any atom is 0.490 e. The number of alkyl halides is 3. The Morgan fingerprint density at radius 3 is 2.12 bits per heavy atom. The van der Waals surface area contributed by atoms with Gasteiger partial charge in [-0.2, -0.15) is 13.2 Å². The zero-order chi connectivity index (χ0) is 20.0. The van der Waals surface area contributed by atoms with Gasteiger partial charge in [0, 0.05) is 18.5 Å². The minimum Gasteiger partial charge on any atom is -0.481 e. The molecule has 1 spiro atoms. The van der Waals surface area contributed by atoms with E-state index in [-0.39, 0.29) is 24.3 Å². The molecule has 2 aliphatic rings. The first kappa shape index (κ1) is 22.2. The lowest BCUT2D eigenvalue weighted by atomic mass is 9.70. The topological polar surface area (TPSA) is 116 Å². The zero-order valence-corrected chi connectivity index (χ0v) is 14.6. The van der Waals surface area contributed by atoms with Gasteiger partial charge in [0.25, 0.3) is 0 Å². The van der Waals surface area contributed by atoms with E-state index in [9.17, 15) is 22.8 Å². The molecule has 0 bridgehead atoms. The summed E-state index contributed by atoms with van der Waals surface area (Å²) in [4.78, 5) is 31.5. The Morgan fingerprint density at radius 1 is 1.19 bits per heavy atom. The first-order valence-corrected chi connectivity index (χ1v) is 8.48. The molecule has 1 saturated carbocycles. The Hall–Kier alpha value is -1.84. The van der Waals surface area contributed by atoms with Crippen molar-refractivity contribution >= 4 is 17.8 Å². The fourth-order valence-corrected chi connectivity index (χ4v) is 3.39. The van der Waals surface area contributed by atoms with Crippen LogP contribution < -0.4 is 10.6 Å². The molecule has 1 unspecified atom stereocenters. The second-order valence-electron chi connectivity index (χ2n) is 7.01. The Kier molecular flexibility index (Phi) is 7.86. The van der Waals surface area contributed by atoms with Crippen molar-refractivity contribution in [3.05, 3.63) is 0 Å². The fourth-order valence-electron chi connectivity index (χ4n) is 3.39. The third-order valence-corrected chi connectivity index (χ3v) is 4.86. The van der Waals surface area contributed by atoms with E-state index in [0.717, 1.165) is 38.8 Å². The van der Waals surface area contributed by atoms with Gasteiger partial charge >= 0.3 is 18.1 Å². The molecule has 1 aliphatic carbocycles. The Labute approximate surface area is 149 Å². The van der Waals surface area contributed by atoms with E-state index >= 15 is 0 Å². The van der Waals surface area contributed by atoms with Gasteiger partial charge in [-0.25, -0.2) is 4.79 Å². The predicted octanol–water partition coefficient (Wildman–Crippen LogP) is 1.77. The van der Waals surface area contributed by atoms with Crippen molar-refractivity contribution in [2.45, 2.75) is 57.7 Å². The highest BCUT2D eigenvalue weighted by Crippen LogP contribution is 2.43. The highest BCUT2D eigenvalue weighted by Gasteiger charge is 2.39. The number of rotatable bonds is 4. The normalized spacial score (nSPS) is 26.5. The number of nitrogens with one attached hydrogen (secondary N) is 2. The van der Waals surface area contributed by atoms with E-state index in [1.165, 1.54) is 6.42 Å². The lowest BCUT2D eigenvalue weighted by molar-refractivity contribution is -0.192. The number of carbonyl (C=O) groups is 3. The number of carbonyl (C=O) groups excluding carboxylic acids is 1. The summed E-state index contributed by atoms with van der Waals surface area (Å²) < 4.78 is 31.7. The SMILES string of the molecule is CC(CC(=O)O)NC(=O)C1CCC2(CCNC2)CC1.O=C(O)C(F)(F)F. The Balaban J connectivity index is 0.000000412. The summed E-state index contributed by atoms with van der Waals surface area (Å²) in [5, 5.41) is 22.1. The molecule has 0 aromatic heterocycles.